The first kappa shape index (κ1) is 17.6. The molecule has 1 N–H and O–H groups in total. The third-order valence-electron chi connectivity index (χ3n) is 2.95. The molecule has 7 heteroatoms. The molecule has 1 aromatic heterocycles. The molecule has 2 rings (SSSR count). The number of ether oxygens (including phenoxy) is 1. The number of hydrogen-bond donors (Lipinski definition) is 1. The molecule has 0 unspecified atom stereocenters. The van der Waals surface area contributed by atoms with Crippen LogP contribution < -0.4 is 5.32 Å². The first-order valence-electron chi connectivity index (χ1n) is 7.20. The summed E-state index contributed by atoms with van der Waals surface area (Å²) < 4.78 is 7.10. The van der Waals surface area contributed by atoms with Crippen molar-refractivity contribution in [2.24, 2.45) is 0 Å². The number of nitrogens with zero attached hydrogens (tertiary/aromatic N) is 2. The molecule has 1 aromatic carbocycles. The molecule has 0 saturated heterocycles. The van der Waals surface area contributed by atoms with Crippen molar-refractivity contribution in [2.45, 2.75) is 32.8 Å². The van der Waals surface area contributed by atoms with Gasteiger partial charge in [-0.05, 0) is 39.0 Å². The second-order valence-electron chi connectivity index (χ2n) is 6.03. The quantitative estimate of drug-likeness (QED) is 0.891. The Bertz CT molecular complexity index is 693. The maximum Gasteiger partial charge on any atom is 0.407 e. The number of benzene rings is 1. The first-order chi connectivity index (χ1) is 10.8. The molecule has 0 bridgehead atoms. The predicted molar refractivity (Wildman–Crippen MR) is 91.5 cm³/mol. The molecule has 0 aliphatic heterocycles. The first-order valence-corrected chi connectivity index (χ1v) is 7.95. The second kappa shape index (κ2) is 7.23. The smallest absolute Gasteiger partial charge is 0.407 e. The number of nitrogens with one attached hydrogen (secondary N) is 1. The largest absolute Gasteiger partial charge is 0.444 e. The van der Waals surface area contributed by atoms with Crippen LogP contribution in [0.25, 0.3) is 5.69 Å². The van der Waals surface area contributed by atoms with E-state index in [9.17, 15) is 4.79 Å². The average molecular weight is 356 g/mol. The van der Waals surface area contributed by atoms with Gasteiger partial charge in [0, 0.05) is 30.5 Å². The van der Waals surface area contributed by atoms with Gasteiger partial charge in [0.05, 0.1) is 16.4 Å². The van der Waals surface area contributed by atoms with Gasteiger partial charge in [-0.1, -0.05) is 23.2 Å². The van der Waals surface area contributed by atoms with Crippen molar-refractivity contribution >= 4 is 29.3 Å². The molecule has 124 valence electrons. The van der Waals surface area contributed by atoms with Crippen LogP contribution in [-0.4, -0.2) is 27.8 Å². The fourth-order valence-electron chi connectivity index (χ4n) is 1.98. The molecule has 1 heterocycles. The highest BCUT2D eigenvalue weighted by molar-refractivity contribution is 6.42. The zero-order valence-corrected chi connectivity index (χ0v) is 14.8. The van der Waals surface area contributed by atoms with Crippen molar-refractivity contribution in [1.29, 1.82) is 0 Å². The van der Waals surface area contributed by atoms with Crippen LogP contribution in [-0.2, 0) is 11.2 Å². The Balaban J connectivity index is 1.99. The molecule has 2 aromatic rings. The lowest BCUT2D eigenvalue weighted by Crippen LogP contribution is -2.33. The SMILES string of the molecule is CC(C)(C)OC(=O)NCCc1cncn1-c1ccc(Cl)c(Cl)c1. The van der Waals surface area contributed by atoms with Crippen molar-refractivity contribution in [1.82, 2.24) is 14.9 Å². The van der Waals surface area contributed by atoms with Gasteiger partial charge >= 0.3 is 6.09 Å². The van der Waals surface area contributed by atoms with E-state index in [-0.39, 0.29) is 0 Å². The van der Waals surface area contributed by atoms with Crippen LogP contribution in [0.4, 0.5) is 4.79 Å². The predicted octanol–water partition coefficient (Wildman–Crippen LogP) is 4.25. The summed E-state index contributed by atoms with van der Waals surface area (Å²) in [7, 11) is 0. The van der Waals surface area contributed by atoms with Crippen molar-refractivity contribution in [3.8, 4) is 5.69 Å². The van der Waals surface area contributed by atoms with E-state index in [0.717, 1.165) is 11.4 Å². The van der Waals surface area contributed by atoms with Crippen LogP contribution in [0, 0.1) is 0 Å². The lowest BCUT2D eigenvalue weighted by molar-refractivity contribution is 0.0528. The summed E-state index contributed by atoms with van der Waals surface area (Å²) in [6, 6.07) is 5.37. The van der Waals surface area contributed by atoms with Crippen molar-refractivity contribution < 1.29 is 9.53 Å². The summed E-state index contributed by atoms with van der Waals surface area (Å²) in [6.07, 6.45) is 3.62. The summed E-state index contributed by atoms with van der Waals surface area (Å²) in [5.74, 6) is 0. The van der Waals surface area contributed by atoms with Crippen LogP contribution in [0.1, 0.15) is 26.5 Å². The van der Waals surface area contributed by atoms with Gasteiger partial charge in [-0.2, -0.15) is 0 Å². The van der Waals surface area contributed by atoms with E-state index in [0.29, 0.717) is 23.0 Å². The molecule has 5 nitrogen and oxygen atoms in total. The summed E-state index contributed by atoms with van der Waals surface area (Å²) in [4.78, 5) is 15.8. The van der Waals surface area contributed by atoms with E-state index in [2.05, 4.69) is 10.3 Å². The Morgan fingerprint density at radius 1 is 1.30 bits per heavy atom. The van der Waals surface area contributed by atoms with Crippen molar-refractivity contribution in [3.63, 3.8) is 0 Å². The number of imidazole rings is 1. The maximum absolute atomic E-state index is 11.6. The Morgan fingerprint density at radius 2 is 2.04 bits per heavy atom. The van der Waals surface area contributed by atoms with Gasteiger partial charge in [-0.15, -0.1) is 0 Å². The van der Waals surface area contributed by atoms with E-state index in [1.165, 1.54) is 0 Å². The summed E-state index contributed by atoms with van der Waals surface area (Å²) >= 11 is 12.0. The molecule has 23 heavy (non-hydrogen) atoms. The monoisotopic (exact) mass is 355 g/mol. The standard InChI is InChI=1S/C16H19Cl2N3O2/c1-16(2,3)23-15(22)20-7-6-12-9-19-10-21(12)11-4-5-13(17)14(18)8-11/h4-5,8-10H,6-7H2,1-3H3,(H,20,22). The molecule has 0 atom stereocenters. The fourth-order valence-corrected chi connectivity index (χ4v) is 2.27. The number of rotatable bonds is 4. The highest BCUT2D eigenvalue weighted by Gasteiger charge is 2.15. The molecule has 1 amide bonds. The fraction of sp³-hybridized carbons (Fsp3) is 0.375. The summed E-state index contributed by atoms with van der Waals surface area (Å²) in [5.41, 5.74) is 1.30. The van der Waals surface area contributed by atoms with Gasteiger partial charge in [0.1, 0.15) is 5.60 Å². The molecule has 0 aliphatic carbocycles. The number of alkyl carbamates (subject to hydrolysis) is 1. The molecule has 0 spiro atoms. The lowest BCUT2D eigenvalue weighted by Gasteiger charge is -2.19. The van der Waals surface area contributed by atoms with Crippen LogP contribution >= 0.6 is 23.2 Å². The Hall–Kier alpha value is -1.72. The highest BCUT2D eigenvalue weighted by Crippen LogP contribution is 2.25. The Labute approximate surface area is 145 Å². The van der Waals surface area contributed by atoms with Gasteiger partial charge in [-0.3, -0.25) is 0 Å². The number of aromatic nitrogens is 2. The normalized spacial score (nSPS) is 11.3. The van der Waals surface area contributed by atoms with Gasteiger partial charge in [0.2, 0.25) is 0 Å². The maximum atomic E-state index is 11.6. The van der Waals surface area contributed by atoms with Gasteiger partial charge in [0.25, 0.3) is 0 Å². The molecule has 0 fully saturated rings. The number of amides is 1. The van der Waals surface area contributed by atoms with Gasteiger partial charge in [0.15, 0.2) is 0 Å². The Morgan fingerprint density at radius 3 is 2.70 bits per heavy atom. The van der Waals surface area contributed by atoms with E-state index >= 15 is 0 Å². The van der Waals surface area contributed by atoms with E-state index in [1.807, 2.05) is 31.4 Å². The van der Waals surface area contributed by atoms with Crippen LogP contribution in [0.2, 0.25) is 10.0 Å². The molecule has 0 aliphatic rings. The number of carbonyl (C=O) groups excluding carboxylic acids is 1. The van der Waals surface area contributed by atoms with E-state index < -0.39 is 11.7 Å². The third-order valence-corrected chi connectivity index (χ3v) is 3.68. The summed E-state index contributed by atoms with van der Waals surface area (Å²) in [5, 5.41) is 3.71. The molecule has 0 radical (unpaired) electrons. The van der Waals surface area contributed by atoms with Crippen LogP contribution in [0.3, 0.4) is 0 Å². The second-order valence-corrected chi connectivity index (χ2v) is 6.85. The average Bonchev–Trinajstić information content (AvgIpc) is 2.88. The van der Waals surface area contributed by atoms with Gasteiger partial charge in [-0.25, -0.2) is 9.78 Å². The minimum Gasteiger partial charge on any atom is -0.444 e. The molecular formula is C16H19Cl2N3O2. The van der Waals surface area contributed by atoms with E-state index in [1.54, 1.807) is 24.7 Å². The van der Waals surface area contributed by atoms with E-state index in [4.69, 9.17) is 27.9 Å². The third kappa shape index (κ3) is 5.15. The van der Waals surface area contributed by atoms with Crippen molar-refractivity contribution in [3.05, 3.63) is 46.5 Å². The topological polar surface area (TPSA) is 56.1 Å². The molecule has 0 saturated carbocycles. The number of carbonyl (C=O) groups is 1. The minimum atomic E-state index is -0.508. The zero-order valence-electron chi connectivity index (χ0n) is 13.3. The molecular weight excluding hydrogens is 337 g/mol. The zero-order chi connectivity index (χ0) is 17.0. The van der Waals surface area contributed by atoms with Crippen LogP contribution in [0.5, 0.6) is 0 Å². The lowest BCUT2D eigenvalue weighted by atomic mass is 10.2. The van der Waals surface area contributed by atoms with Crippen molar-refractivity contribution in [2.75, 3.05) is 6.54 Å². The number of hydrogen-bond acceptors (Lipinski definition) is 3. The Kier molecular flexibility index (Phi) is 5.55. The highest BCUT2D eigenvalue weighted by atomic mass is 35.5. The van der Waals surface area contributed by atoms with Crippen LogP contribution in [0.15, 0.2) is 30.7 Å². The number of halogens is 2. The van der Waals surface area contributed by atoms with Gasteiger partial charge < -0.3 is 14.6 Å². The minimum absolute atomic E-state index is 0.432. The summed E-state index contributed by atoms with van der Waals surface area (Å²) in [6.45, 7) is 5.92.